The number of aromatic hydroxyl groups is 1. The lowest BCUT2D eigenvalue weighted by Gasteiger charge is -2.06. The van der Waals surface area contributed by atoms with Crippen molar-refractivity contribution in [2.75, 3.05) is 0 Å². The predicted octanol–water partition coefficient (Wildman–Crippen LogP) is 3.46. The van der Waals surface area contributed by atoms with Crippen LogP contribution in [0.1, 0.15) is 49.0 Å². The first-order valence-corrected chi connectivity index (χ1v) is 6.06. The number of phenols is 1. The number of unbranched alkanes of at least 4 members (excludes halogenated alkanes) is 1. The van der Waals surface area contributed by atoms with Crippen molar-refractivity contribution in [3.05, 3.63) is 29.3 Å². The molecule has 2 N–H and O–H groups in total. The Morgan fingerprint density at radius 2 is 2.00 bits per heavy atom. The summed E-state index contributed by atoms with van der Waals surface area (Å²) in [4.78, 5) is 10.8. The zero-order valence-corrected chi connectivity index (χ0v) is 10.4. The van der Waals surface area contributed by atoms with Gasteiger partial charge in [-0.05, 0) is 36.5 Å². The molecule has 0 heterocycles. The molecule has 0 bridgehead atoms. The Bertz CT molecular complexity index is 383. The Morgan fingerprint density at radius 1 is 1.29 bits per heavy atom. The molecule has 0 saturated heterocycles. The minimum atomic E-state index is -1.08. The van der Waals surface area contributed by atoms with E-state index in [0.29, 0.717) is 5.92 Å². The maximum absolute atomic E-state index is 10.8. The Balaban J connectivity index is 2.54. The number of benzene rings is 1. The number of carbonyl (C=O) groups is 1. The number of carboxylic acid groups (broad SMARTS) is 1. The second kappa shape index (κ2) is 6.28. The molecule has 1 aromatic carbocycles. The first-order chi connectivity index (χ1) is 8.00. The average Bonchev–Trinajstić information content (AvgIpc) is 2.25. The molecule has 0 amide bonds. The van der Waals surface area contributed by atoms with Gasteiger partial charge in [0.2, 0.25) is 0 Å². The van der Waals surface area contributed by atoms with Crippen molar-refractivity contribution in [3.63, 3.8) is 0 Å². The van der Waals surface area contributed by atoms with Crippen LogP contribution in [0.25, 0.3) is 0 Å². The summed E-state index contributed by atoms with van der Waals surface area (Å²) >= 11 is 0. The zero-order chi connectivity index (χ0) is 12.8. The minimum absolute atomic E-state index is 0.00800. The number of carboxylic acids is 1. The van der Waals surface area contributed by atoms with Crippen molar-refractivity contribution >= 4 is 5.97 Å². The summed E-state index contributed by atoms with van der Waals surface area (Å²) in [5.74, 6) is -0.528. The molecule has 0 aromatic heterocycles. The third-order valence-electron chi connectivity index (χ3n) is 2.79. The van der Waals surface area contributed by atoms with Gasteiger partial charge in [-0.25, -0.2) is 4.79 Å². The highest BCUT2D eigenvalue weighted by molar-refractivity contribution is 5.90. The summed E-state index contributed by atoms with van der Waals surface area (Å²) in [5, 5.41) is 18.2. The summed E-state index contributed by atoms with van der Waals surface area (Å²) in [5.41, 5.74) is 0.968. The Kier molecular flexibility index (Phi) is 5.01. The minimum Gasteiger partial charge on any atom is -0.507 e. The maximum atomic E-state index is 10.8. The Labute approximate surface area is 102 Å². The molecule has 17 heavy (non-hydrogen) atoms. The van der Waals surface area contributed by atoms with E-state index in [9.17, 15) is 9.90 Å². The predicted molar refractivity (Wildman–Crippen MR) is 67.5 cm³/mol. The molecule has 0 fully saturated rings. The van der Waals surface area contributed by atoms with Crippen LogP contribution in [0.2, 0.25) is 0 Å². The fourth-order valence-electron chi connectivity index (χ4n) is 1.79. The van der Waals surface area contributed by atoms with Gasteiger partial charge in [0, 0.05) is 0 Å². The van der Waals surface area contributed by atoms with Gasteiger partial charge in [-0.1, -0.05) is 32.8 Å². The van der Waals surface area contributed by atoms with Gasteiger partial charge in [0.25, 0.3) is 0 Å². The van der Waals surface area contributed by atoms with Gasteiger partial charge in [-0.15, -0.1) is 0 Å². The lowest BCUT2D eigenvalue weighted by atomic mass is 10.0. The first kappa shape index (κ1) is 13.6. The van der Waals surface area contributed by atoms with E-state index < -0.39 is 5.97 Å². The third kappa shape index (κ3) is 4.47. The summed E-state index contributed by atoms with van der Waals surface area (Å²) in [6.07, 6.45) is 4.28. The van der Waals surface area contributed by atoms with Crippen LogP contribution in [0.4, 0.5) is 0 Å². The molecule has 3 heteroatoms. The first-order valence-electron chi connectivity index (χ1n) is 6.06. The van der Waals surface area contributed by atoms with E-state index in [1.807, 2.05) is 0 Å². The molecule has 3 nitrogen and oxygen atoms in total. The molecule has 0 aliphatic heterocycles. The monoisotopic (exact) mass is 236 g/mol. The van der Waals surface area contributed by atoms with Gasteiger partial charge < -0.3 is 10.2 Å². The van der Waals surface area contributed by atoms with Crippen LogP contribution < -0.4 is 0 Å². The van der Waals surface area contributed by atoms with Crippen LogP contribution in [0.5, 0.6) is 5.75 Å². The molecule has 1 aromatic rings. The van der Waals surface area contributed by atoms with Gasteiger partial charge in [0.05, 0.1) is 0 Å². The third-order valence-corrected chi connectivity index (χ3v) is 2.79. The van der Waals surface area contributed by atoms with Crippen molar-refractivity contribution in [3.8, 4) is 5.75 Å². The van der Waals surface area contributed by atoms with E-state index in [0.717, 1.165) is 24.8 Å². The van der Waals surface area contributed by atoms with Crippen molar-refractivity contribution in [2.45, 2.75) is 39.5 Å². The van der Waals surface area contributed by atoms with E-state index in [2.05, 4.69) is 13.8 Å². The summed E-state index contributed by atoms with van der Waals surface area (Å²) in [6, 6.07) is 4.81. The van der Waals surface area contributed by atoms with Crippen molar-refractivity contribution in [2.24, 2.45) is 5.92 Å². The fraction of sp³-hybridized carbons (Fsp3) is 0.500. The molecular weight excluding hydrogens is 216 g/mol. The van der Waals surface area contributed by atoms with Crippen molar-refractivity contribution in [1.82, 2.24) is 0 Å². The molecular formula is C14H20O3. The van der Waals surface area contributed by atoms with Crippen LogP contribution in [-0.2, 0) is 6.42 Å². The number of aryl methyl sites for hydroxylation is 1. The van der Waals surface area contributed by atoms with Gasteiger partial charge in [-0.2, -0.15) is 0 Å². The van der Waals surface area contributed by atoms with Crippen molar-refractivity contribution in [1.29, 1.82) is 0 Å². The van der Waals surface area contributed by atoms with E-state index in [4.69, 9.17) is 5.11 Å². The highest BCUT2D eigenvalue weighted by atomic mass is 16.4. The molecule has 0 saturated carbocycles. The molecule has 0 radical (unpaired) electrons. The summed E-state index contributed by atoms with van der Waals surface area (Å²) in [6.45, 7) is 4.40. The SMILES string of the molecule is CC(C)CCCCc1ccc(O)c(C(=O)O)c1. The van der Waals surface area contributed by atoms with E-state index >= 15 is 0 Å². The molecule has 1 rings (SSSR count). The van der Waals surface area contributed by atoms with E-state index in [1.54, 1.807) is 12.1 Å². The van der Waals surface area contributed by atoms with Crippen LogP contribution in [-0.4, -0.2) is 16.2 Å². The second-order valence-corrected chi connectivity index (χ2v) is 4.80. The molecule has 0 aliphatic carbocycles. The topological polar surface area (TPSA) is 57.5 Å². The highest BCUT2D eigenvalue weighted by Gasteiger charge is 2.09. The Hall–Kier alpha value is -1.51. The number of aromatic carboxylic acids is 1. The quantitative estimate of drug-likeness (QED) is 0.744. The molecule has 0 spiro atoms. The number of hydrogen-bond donors (Lipinski definition) is 2. The largest absolute Gasteiger partial charge is 0.507 e. The van der Waals surface area contributed by atoms with Crippen LogP contribution >= 0.6 is 0 Å². The lowest BCUT2D eigenvalue weighted by molar-refractivity contribution is 0.0693. The lowest BCUT2D eigenvalue weighted by Crippen LogP contribution is -1.98. The second-order valence-electron chi connectivity index (χ2n) is 4.80. The molecule has 0 unspecified atom stereocenters. The standard InChI is InChI=1S/C14H20O3/c1-10(2)5-3-4-6-11-7-8-13(15)12(9-11)14(16)17/h7-10,15H,3-6H2,1-2H3,(H,16,17). The summed E-state index contributed by atoms with van der Waals surface area (Å²) in [7, 11) is 0. The highest BCUT2D eigenvalue weighted by Crippen LogP contribution is 2.20. The Morgan fingerprint density at radius 3 is 2.59 bits per heavy atom. The normalized spacial score (nSPS) is 10.8. The van der Waals surface area contributed by atoms with Crippen molar-refractivity contribution < 1.29 is 15.0 Å². The van der Waals surface area contributed by atoms with Gasteiger partial charge >= 0.3 is 5.97 Å². The maximum Gasteiger partial charge on any atom is 0.339 e. The van der Waals surface area contributed by atoms with Crippen LogP contribution in [0.15, 0.2) is 18.2 Å². The fourth-order valence-corrected chi connectivity index (χ4v) is 1.79. The van der Waals surface area contributed by atoms with Gasteiger partial charge in [0.15, 0.2) is 0 Å². The zero-order valence-electron chi connectivity index (χ0n) is 10.4. The summed E-state index contributed by atoms with van der Waals surface area (Å²) < 4.78 is 0. The van der Waals surface area contributed by atoms with Crippen LogP contribution in [0.3, 0.4) is 0 Å². The molecule has 0 atom stereocenters. The number of hydrogen-bond acceptors (Lipinski definition) is 2. The van der Waals surface area contributed by atoms with Crippen LogP contribution in [0, 0.1) is 5.92 Å². The van der Waals surface area contributed by atoms with Gasteiger partial charge in [0.1, 0.15) is 11.3 Å². The smallest absolute Gasteiger partial charge is 0.339 e. The van der Waals surface area contributed by atoms with Gasteiger partial charge in [-0.3, -0.25) is 0 Å². The molecule has 0 aliphatic rings. The average molecular weight is 236 g/mol. The van der Waals surface area contributed by atoms with E-state index in [-0.39, 0.29) is 11.3 Å². The molecule has 94 valence electrons. The van der Waals surface area contributed by atoms with E-state index in [1.165, 1.54) is 12.5 Å². The number of rotatable bonds is 6.